The summed E-state index contributed by atoms with van der Waals surface area (Å²) < 4.78 is 10.7. The Kier molecular flexibility index (Phi) is 6.64. The van der Waals surface area contributed by atoms with Gasteiger partial charge in [-0.05, 0) is 48.5 Å². The maximum Gasteiger partial charge on any atom is 0.270 e. The maximum absolute atomic E-state index is 12.3. The highest BCUT2D eigenvalue weighted by Crippen LogP contribution is 2.18. The molecule has 0 aliphatic rings. The Bertz CT molecular complexity index is 935. The first-order valence-corrected chi connectivity index (χ1v) is 8.92. The second-order valence-corrected chi connectivity index (χ2v) is 6.12. The monoisotopic (exact) mass is 398 g/mol. The summed E-state index contributed by atoms with van der Waals surface area (Å²) in [4.78, 5) is 20.6. The van der Waals surface area contributed by atoms with Crippen LogP contribution in [-0.4, -0.2) is 36.1 Å². The van der Waals surface area contributed by atoms with Gasteiger partial charge in [0.25, 0.3) is 5.91 Å². The Balaban J connectivity index is 1.50. The van der Waals surface area contributed by atoms with Crippen LogP contribution in [0.4, 0.5) is 11.6 Å². The van der Waals surface area contributed by atoms with Gasteiger partial charge in [0.2, 0.25) is 5.95 Å². The van der Waals surface area contributed by atoms with Gasteiger partial charge in [-0.2, -0.15) is 0 Å². The van der Waals surface area contributed by atoms with Gasteiger partial charge < -0.3 is 20.1 Å². The van der Waals surface area contributed by atoms with Gasteiger partial charge >= 0.3 is 0 Å². The van der Waals surface area contributed by atoms with Gasteiger partial charge in [-0.15, -0.1) is 0 Å². The van der Waals surface area contributed by atoms with Crippen LogP contribution in [0.2, 0.25) is 5.02 Å². The predicted molar refractivity (Wildman–Crippen MR) is 108 cm³/mol. The fourth-order valence-corrected chi connectivity index (χ4v) is 2.53. The number of methoxy groups -OCH3 is 1. The van der Waals surface area contributed by atoms with Crippen molar-refractivity contribution in [3.05, 3.63) is 71.5 Å². The van der Waals surface area contributed by atoms with E-state index in [9.17, 15) is 4.79 Å². The lowest BCUT2D eigenvalue weighted by molar-refractivity contribution is 0.0942. The van der Waals surface area contributed by atoms with Crippen LogP contribution < -0.4 is 20.1 Å². The second kappa shape index (κ2) is 9.57. The van der Waals surface area contributed by atoms with Crippen molar-refractivity contribution in [2.24, 2.45) is 0 Å². The van der Waals surface area contributed by atoms with E-state index in [0.29, 0.717) is 29.9 Å². The van der Waals surface area contributed by atoms with Crippen molar-refractivity contribution in [1.29, 1.82) is 0 Å². The molecule has 1 amide bonds. The van der Waals surface area contributed by atoms with E-state index in [2.05, 4.69) is 20.6 Å². The smallest absolute Gasteiger partial charge is 0.270 e. The Morgan fingerprint density at radius 1 is 1.11 bits per heavy atom. The summed E-state index contributed by atoms with van der Waals surface area (Å²) in [5.74, 6) is 1.45. The topological polar surface area (TPSA) is 85.4 Å². The standard InChI is InChI=1S/C20H19ClN4O3/c1-27-16-5-7-17(8-6-16)28-12-11-22-19(26)18-9-10-23-20(25-18)24-15-4-2-3-14(21)13-15/h2-10,13H,11-12H2,1H3,(H,22,26)(H,23,24,25). The molecule has 2 aromatic carbocycles. The van der Waals surface area contributed by atoms with Crippen molar-refractivity contribution in [3.8, 4) is 11.5 Å². The third-order valence-corrected chi connectivity index (χ3v) is 3.92. The molecule has 0 fully saturated rings. The molecule has 0 aliphatic carbocycles. The molecule has 0 aliphatic heterocycles. The third kappa shape index (κ3) is 5.59. The highest BCUT2D eigenvalue weighted by Gasteiger charge is 2.09. The highest BCUT2D eigenvalue weighted by atomic mass is 35.5. The summed E-state index contributed by atoms with van der Waals surface area (Å²) in [5, 5.41) is 6.37. The minimum absolute atomic E-state index is 0.254. The van der Waals surface area contributed by atoms with E-state index in [4.69, 9.17) is 21.1 Å². The second-order valence-electron chi connectivity index (χ2n) is 5.68. The fourth-order valence-electron chi connectivity index (χ4n) is 2.34. The lowest BCUT2D eigenvalue weighted by Gasteiger charge is -2.09. The van der Waals surface area contributed by atoms with Crippen molar-refractivity contribution < 1.29 is 14.3 Å². The number of hydrogen-bond donors (Lipinski definition) is 2. The van der Waals surface area contributed by atoms with Crippen LogP contribution >= 0.6 is 11.6 Å². The van der Waals surface area contributed by atoms with Gasteiger partial charge in [0.05, 0.1) is 13.7 Å². The van der Waals surface area contributed by atoms with Gasteiger partial charge in [-0.1, -0.05) is 17.7 Å². The molecule has 0 spiro atoms. The normalized spacial score (nSPS) is 10.2. The lowest BCUT2D eigenvalue weighted by atomic mass is 10.3. The predicted octanol–water partition coefficient (Wildman–Crippen LogP) is 3.69. The molecule has 3 rings (SSSR count). The zero-order valence-electron chi connectivity index (χ0n) is 15.2. The number of aromatic nitrogens is 2. The molecule has 0 radical (unpaired) electrons. The number of amides is 1. The lowest BCUT2D eigenvalue weighted by Crippen LogP contribution is -2.29. The molecule has 1 heterocycles. The van der Waals surface area contributed by atoms with Crippen molar-refractivity contribution in [2.45, 2.75) is 0 Å². The quantitative estimate of drug-likeness (QED) is 0.563. The van der Waals surface area contributed by atoms with E-state index >= 15 is 0 Å². The summed E-state index contributed by atoms with van der Waals surface area (Å²) in [6.45, 7) is 0.669. The Morgan fingerprint density at radius 3 is 2.64 bits per heavy atom. The van der Waals surface area contributed by atoms with E-state index in [1.807, 2.05) is 24.3 Å². The minimum Gasteiger partial charge on any atom is -0.497 e. The number of hydrogen-bond acceptors (Lipinski definition) is 6. The van der Waals surface area contributed by atoms with Crippen LogP contribution in [-0.2, 0) is 0 Å². The average Bonchev–Trinajstić information content (AvgIpc) is 2.72. The molecular formula is C20H19ClN4O3. The molecule has 1 aromatic heterocycles. The molecule has 0 atom stereocenters. The van der Waals surface area contributed by atoms with Crippen molar-refractivity contribution >= 4 is 29.1 Å². The summed E-state index contributed by atoms with van der Waals surface area (Å²) in [6, 6.07) is 15.9. The summed E-state index contributed by atoms with van der Waals surface area (Å²) in [5.41, 5.74) is 0.988. The van der Waals surface area contributed by atoms with Gasteiger partial charge in [0.1, 0.15) is 23.8 Å². The Morgan fingerprint density at radius 2 is 1.89 bits per heavy atom. The number of ether oxygens (including phenoxy) is 2. The molecular weight excluding hydrogens is 380 g/mol. The first kappa shape index (κ1) is 19.4. The summed E-state index contributed by atoms with van der Waals surface area (Å²) in [6.07, 6.45) is 1.52. The molecule has 144 valence electrons. The maximum atomic E-state index is 12.3. The van der Waals surface area contributed by atoms with Crippen LogP contribution in [0.15, 0.2) is 60.8 Å². The number of anilines is 2. The molecule has 0 saturated heterocycles. The Hall–Kier alpha value is -3.32. The zero-order chi connectivity index (χ0) is 19.8. The number of nitrogens with one attached hydrogen (secondary N) is 2. The number of carbonyl (C=O) groups is 1. The average molecular weight is 399 g/mol. The molecule has 0 unspecified atom stereocenters. The van der Waals surface area contributed by atoms with E-state index in [-0.39, 0.29) is 11.6 Å². The molecule has 8 heteroatoms. The molecule has 7 nitrogen and oxygen atoms in total. The van der Waals surface area contributed by atoms with Crippen molar-refractivity contribution in [3.63, 3.8) is 0 Å². The minimum atomic E-state index is -0.310. The van der Waals surface area contributed by atoms with E-state index in [1.54, 1.807) is 37.4 Å². The molecule has 28 heavy (non-hydrogen) atoms. The van der Waals surface area contributed by atoms with Crippen LogP contribution in [0.5, 0.6) is 11.5 Å². The summed E-state index contributed by atoms with van der Waals surface area (Å²) in [7, 11) is 1.61. The number of rotatable bonds is 8. The number of benzene rings is 2. The van der Waals surface area contributed by atoms with Crippen LogP contribution in [0.1, 0.15) is 10.5 Å². The molecule has 3 aromatic rings. The number of carbonyl (C=O) groups excluding carboxylic acids is 1. The summed E-state index contributed by atoms with van der Waals surface area (Å²) >= 11 is 5.96. The van der Waals surface area contributed by atoms with E-state index in [1.165, 1.54) is 6.20 Å². The van der Waals surface area contributed by atoms with E-state index in [0.717, 1.165) is 11.4 Å². The largest absolute Gasteiger partial charge is 0.497 e. The van der Waals surface area contributed by atoms with Crippen LogP contribution in [0, 0.1) is 0 Å². The van der Waals surface area contributed by atoms with Crippen LogP contribution in [0.25, 0.3) is 0 Å². The van der Waals surface area contributed by atoms with Gasteiger partial charge in [0, 0.05) is 16.9 Å². The number of nitrogens with zero attached hydrogens (tertiary/aromatic N) is 2. The van der Waals surface area contributed by atoms with Crippen molar-refractivity contribution in [1.82, 2.24) is 15.3 Å². The van der Waals surface area contributed by atoms with E-state index < -0.39 is 0 Å². The zero-order valence-corrected chi connectivity index (χ0v) is 15.9. The highest BCUT2D eigenvalue weighted by molar-refractivity contribution is 6.30. The molecule has 0 bridgehead atoms. The fraction of sp³-hybridized carbons (Fsp3) is 0.150. The first-order valence-electron chi connectivity index (χ1n) is 8.55. The number of halogens is 1. The third-order valence-electron chi connectivity index (χ3n) is 3.68. The van der Waals surface area contributed by atoms with Gasteiger partial charge in [-0.25, -0.2) is 9.97 Å². The SMILES string of the molecule is COc1ccc(OCCNC(=O)c2ccnc(Nc3cccc(Cl)c3)n2)cc1. The van der Waals surface area contributed by atoms with Gasteiger partial charge in [0.15, 0.2) is 0 Å². The first-order chi connectivity index (χ1) is 13.6. The van der Waals surface area contributed by atoms with Crippen molar-refractivity contribution in [2.75, 3.05) is 25.6 Å². The van der Waals surface area contributed by atoms with Gasteiger partial charge in [-0.3, -0.25) is 4.79 Å². The molecule has 2 N–H and O–H groups in total. The Labute approximate surface area is 167 Å². The molecule has 0 saturated carbocycles. The van der Waals surface area contributed by atoms with Crippen LogP contribution in [0.3, 0.4) is 0 Å².